The Kier molecular flexibility index (Phi) is 13.7. The topological polar surface area (TPSA) is 37.7 Å². The molecule has 15 aromatic carbocycles. The molecule has 0 bridgehead atoms. The molecular formula is C106H88BN3O2. The standard InChI is InChI=1S/C106H88BN3O2/c1-103(2,3)75-55-72(56-76(62-75)104(4,5)6)70-50-52-88-94(59-70)109(92-44-26-40-86-84-38-24-36-80(99(84)111-101(86)92)68-48-46-67(47-49-68)65-28-15-13-16-29-65)96-60-74(73-57-77(105(7,8)9)63-78(58-73)106(10,11)12)61-97-98(96)107(88)89-53-51-79(108-90-42-21-19-34-82(90)83-35-20-22-43-91(83)108)64-95(89)110(97)93-45-27-41-87-85-39-25-37-81(100(85)112-102(87)93)71-33-23-32-69(54-71)66-30-17-14-18-31-66/h13-64H,1-12H3/i19D,20D,21D,22D,34D,35D,42D,43D. The van der Waals surface area contributed by atoms with Crippen LogP contribution in [-0.4, -0.2) is 11.3 Å². The van der Waals surface area contributed by atoms with E-state index in [-0.39, 0.29) is 55.6 Å². The van der Waals surface area contributed by atoms with Gasteiger partial charge in [0, 0.05) is 71.9 Å². The second-order valence-electron chi connectivity index (χ2n) is 34.7. The number of furan rings is 2. The first-order valence-electron chi connectivity index (χ1n) is 43.0. The van der Waals surface area contributed by atoms with Gasteiger partial charge in [-0.15, -0.1) is 0 Å². The molecule has 0 spiro atoms. The van der Waals surface area contributed by atoms with Gasteiger partial charge in [0.05, 0.1) is 33.4 Å². The number of anilines is 6. The molecule has 0 N–H and O–H groups in total. The third-order valence-corrected chi connectivity index (χ3v) is 23.4. The molecule has 542 valence electrons. The van der Waals surface area contributed by atoms with Crippen molar-refractivity contribution in [2.45, 2.75) is 105 Å². The highest BCUT2D eigenvalue weighted by atomic mass is 16.3. The molecular weight excluding hydrogens is 1360 g/mol. The van der Waals surface area contributed by atoms with Crippen LogP contribution in [0.1, 0.15) is 116 Å². The van der Waals surface area contributed by atoms with Gasteiger partial charge in [-0.2, -0.15) is 0 Å². The fourth-order valence-electron chi connectivity index (χ4n) is 17.4. The molecule has 112 heavy (non-hydrogen) atoms. The van der Waals surface area contributed by atoms with E-state index < -0.39 is 43.0 Å². The summed E-state index contributed by atoms with van der Waals surface area (Å²) in [7, 11) is 0. The van der Waals surface area contributed by atoms with Crippen LogP contribution in [-0.2, 0) is 21.7 Å². The van der Waals surface area contributed by atoms with Gasteiger partial charge < -0.3 is 23.2 Å². The Labute approximate surface area is 668 Å². The van der Waals surface area contributed by atoms with E-state index in [0.29, 0.717) is 33.8 Å². The van der Waals surface area contributed by atoms with Gasteiger partial charge in [0.25, 0.3) is 6.71 Å². The minimum atomic E-state index is -0.534. The zero-order valence-electron chi connectivity index (χ0n) is 73.1. The molecule has 5 heterocycles. The second-order valence-corrected chi connectivity index (χ2v) is 34.7. The van der Waals surface area contributed by atoms with E-state index >= 15 is 0 Å². The van der Waals surface area contributed by atoms with Crippen molar-refractivity contribution >= 4 is 123 Å². The summed E-state index contributed by atoms with van der Waals surface area (Å²) in [6.07, 6.45) is 0. The van der Waals surface area contributed by atoms with Gasteiger partial charge in [0.15, 0.2) is 11.2 Å². The Balaban J connectivity index is 0.933. The molecule has 20 rings (SSSR count). The maximum atomic E-state index is 9.88. The molecule has 3 aromatic heterocycles. The van der Waals surface area contributed by atoms with Crippen molar-refractivity contribution < 1.29 is 19.8 Å². The number of aromatic nitrogens is 1. The van der Waals surface area contributed by atoms with Crippen molar-refractivity contribution in [3.05, 3.63) is 338 Å². The Morgan fingerprint density at radius 2 is 0.634 bits per heavy atom. The van der Waals surface area contributed by atoms with E-state index in [1.54, 1.807) is 4.57 Å². The Morgan fingerprint density at radius 3 is 1.14 bits per heavy atom. The first kappa shape index (κ1) is 60.2. The highest BCUT2D eigenvalue weighted by molar-refractivity contribution is 7.00. The molecule has 0 atom stereocenters. The van der Waals surface area contributed by atoms with Crippen molar-refractivity contribution in [3.63, 3.8) is 0 Å². The van der Waals surface area contributed by atoms with Crippen LogP contribution < -0.4 is 26.2 Å². The van der Waals surface area contributed by atoms with Crippen molar-refractivity contribution in [1.82, 2.24) is 4.57 Å². The maximum absolute atomic E-state index is 9.88. The van der Waals surface area contributed by atoms with Crippen LogP contribution in [0.5, 0.6) is 0 Å². The van der Waals surface area contributed by atoms with E-state index in [1.807, 2.05) is 18.2 Å². The van der Waals surface area contributed by atoms with Crippen LogP contribution in [0.25, 0.3) is 138 Å². The number of hydrogen-bond acceptors (Lipinski definition) is 4. The molecule has 0 aliphatic carbocycles. The van der Waals surface area contributed by atoms with E-state index in [4.69, 9.17) is 11.6 Å². The third-order valence-electron chi connectivity index (χ3n) is 23.4. The van der Waals surface area contributed by atoms with Crippen LogP contribution in [0.4, 0.5) is 34.1 Å². The summed E-state index contributed by atoms with van der Waals surface area (Å²) in [6, 6.07) is 92.5. The lowest BCUT2D eigenvalue weighted by Gasteiger charge is -2.44. The summed E-state index contributed by atoms with van der Waals surface area (Å²) < 4.78 is 92.9. The first-order chi connectivity index (χ1) is 57.4. The predicted octanol–water partition coefficient (Wildman–Crippen LogP) is 27.9. The van der Waals surface area contributed by atoms with Crippen LogP contribution in [0.2, 0.25) is 0 Å². The highest BCUT2D eigenvalue weighted by Crippen LogP contribution is 2.53. The predicted molar refractivity (Wildman–Crippen MR) is 477 cm³/mol. The Morgan fingerprint density at radius 1 is 0.268 bits per heavy atom. The van der Waals surface area contributed by atoms with Crippen molar-refractivity contribution in [2.24, 2.45) is 0 Å². The van der Waals surface area contributed by atoms with E-state index in [9.17, 15) is 8.22 Å². The van der Waals surface area contributed by atoms with Crippen LogP contribution in [0.15, 0.2) is 324 Å². The number of rotatable bonds is 9. The number of hydrogen-bond donors (Lipinski definition) is 0. The van der Waals surface area contributed by atoms with Gasteiger partial charge in [-0.1, -0.05) is 338 Å². The molecule has 6 heteroatoms. The number of para-hydroxylation sites is 6. The summed E-state index contributed by atoms with van der Waals surface area (Å²) in [5, 5.41) is 3.72. The Bertz CT molecular complexity index is 7240. The number of benzene rings is 15. The average molecular weight is 1450 g/mol. The SMILES string of the molecule is [2H]c1c([2H])c([2H])c2c(c1[2H])c1c([2H])c([2H])c([2H])c([2H])c1n2-c1ccc2c(c1)N(c1cccc3c1oc1c(-c4cccc(-c5ccccc5)c4)cccc13)c1cc(-c3cc(C(C)(C)C)cc(C(C)(C)C)c3)cc3c1B2c1ccc(-c2cc(C(C)(C)C)cc(C(C)(C)C)c2)cc1N3c1cccc2c1oc1c(-c3ccc(-c4ccccc4)cc3)cccc12. The average Bonchev–Trinajstić information content (AvgIpc) is 1.59. The van der Waals surface area contributed by atoms with Gasteiger partial charge >= 0.3 is 0 Å². The highest BCUT2D eigenvalue weighted by Gasteiger charge is 2.46. The normalized spacial score (nSPS) is 14.1. The number of nitrogens with zero attached hydrogens (tertiary/aromatic N) is 3. The third kappa shape index (κ3) is 11.3. The molecule has 0 saturated carbocycles. The second kappa shape index (κ2) is 25.5. The monoisotopic (exact) mass is 1450 g/mol. The minimum absolute atomic E-state index is 0.00516. The van der Waals surface area contributed by atoms with E-state index in [1.165, 1.54) is 22.3 Å². The van der Waals surface area contributed by atoms with Crippen LogP contribution in [0.3, 0.4) is 0 Å². The van der Waals surface area contributed by atoms with Gasteiger partial charge in [-0.05, 0) is 177 Å². The molecule has 18 aromatic rings. The van der Waals surface area contributed by atoms with Gasteiger partial charge in [0.2, 0.25) is 0 Å². The molecule has 0 unspecified atom stereocenters. The molecule has 0 saturated heterocycles. The fraction of sp³-hybridized carbons (Fsp3) is 0.151. The van der Waals surface area contributed by atoms with Crippen molar-refractivity contribution in [1.29, 1.82) is 0 Å². The smallest absolute Gasteiger partial charge is 0.252 e. The zero-order chi connectivity index (χ0) is 83.4. The Hall–Kier alpha value is -12.6. The lowest BCUT2D eigenvalue weighted by molar-refractivity contribution is 0.568. The summed E-state index contributed by atoms with van der Waals surface area (Å²) in [6.45, 7) is 26.8. The maximum Gasteiger partial charge on any atom is 0.252 e. The van der Waals surface area contributed by atoms with Gasteiger partial charge in [0.1, 0.15) is 11.2 Å². The number of fused-ring (bicyclic) bond motifs is 13. The zero-order valence-corrected chi connectivity index (χ0v) is 65.1. The fourth-order valence-corrected chi connectivity index (χ4v) is 17.4. The first-order valence-corrected chi connectivity index (χ1v) is 39.0. The summed E-state index contributed by atoms with van der Waals surface area (Å²) in [5.74, 6) is 0. The van der Waals surface area contributed by atoms with Gasteiger partial charge in [-0.25, -0.2) is 0 Å². The minimum Gasteiger partial charge on any atom is -0.453 e. The van der Waals surface area contributed by atoms with Crippen molar-refractivity contribution in [2.75, 3.05) is 9.80 Å². The molecule has 0 radical (unpaired) electrons. The van der Waals surface area contributed by atoms with E-state index in [0.717, 1.165) is 133 Å². The summed E-state index contributed by atoms with van der Waals surface area (Å²) >= 11 is 0. The lowest BCUT2D eigenvalue weighted by atomic mass is 9.33. The molecule has 5 nitrogen and oxygen atoms in total. The molecule has 0 amide bonds. The summed E-state index contributed by atoms with van der Waals surface area (Å²) in [5.41, 5.74) is 27.3. The largest absolute Gasteiger partial charge is 0.453 e. The van der Waals surface area contributed by atoms with Crippen molar-refractivity contribution in [3.8, 4) is 72.4 Å². The molecule has 2 aliphatic heterocycles. The lowest BCUT2D eigenvalue weighted by Crippen LogP contribution is -2.61. The van der Waals surface area contributed by atoms with Crippen LogP contribution in [0, 0.1) is 0 Å². The van der Waals surface area contributed by atoms with Crippen LogP contribution >= 0.6 is 0 Å². The quantitative estimate of drug-likeness (QED) is 0.135. The van der Waals surface area contributed by atoms with E-state index in [2.05, 4.69) is 342 Å². The van der Waals surface area contributed by atoms with Gasteiger partial charge in [-0.3, -0.25) is 0 Å². The summed E-state index contributed by atoms with van der Waals surface area (Å²) in [4.78, 5) is 4.80. The molecule has 0 fully saturated rings. The molecule has 2 aliphatic rings.